The molecule has 4 rings (SSSR count). The fraction of sp³-hybridized carbons (Fsp3) is 0.0588. The summed E-state index contributed by atoms with van der Waals surface area (Å²) in [7, 11) is 0. The molecule has 0 aliphatic rings. The molecule has 19 heavy (non-hydrogen) atoms. The summed E-state index contributed by atoms with van der Waals surface area (Å²) in [5, 5.41) is 2.56. The van der Waals surface area contributed by atoms with E-state index in [9.17, 15) is 0 Å². The second kappa shape index (κ2) is 3.75. The van der Waals surface area contributed by atoms with E-state index in [0.29, 0.717) is 0 Å². The number of hydrogen-bond donors (Lipinski definition) is 2. The van der Waals surface area contributed by atoms with Gasteiger partial charge in [0.1, 0.15) is 0 Å². The minimum absolute atomic E-state index is 1.18. The van der Waals surface area contributed by atoms with Gasteiger partial charge in [-0.15, -0.1) is 0 Å². The van der Waals surface area contributed by atoms with Crippen molar-refractivity contribution in [3.63, 3.8) is 0 Å². The first-order valence-electron chi connectivity index (χ1n) is 6.48. The van der Waals surface area contributed by atoms with E-state index in [-0.39, 0.29) is 0 Å². The van der Waals surface area contributed by atoms with Crippen LogP contribution in [0.1, 0.15) is 5.56 Å². The Hall–Kier alpha value is -2.48. The lowest BCUT2D eigenvalue weighted by atomic mass is 10.1. The predicted octanol–water partition coefficient (Wildman–Crippen LogP) is 4.62. The molecule has 92 valence electrons. The van der Waals surface area contributed by atoms with Gasteiger partial charge in [0, 0.05) is 33.6 Å². The maximum atomic E-state index is 3.54. The number of H-pyrrole nitrogens is 2. The fourth-order valence-electron chi connectivity index (χ4n) is 2.83. The van der Waals surface area contributed by atoms with E-state index < -0.39 is 0 Å². The third-order valence-electron chi connectivity index (χ3n) is 3.82. The molecule has 0 radical (unpaired) electrons. The van der Waals surface area contributed by atoms with E-state index in [1.54, 1.807) is 0 Å². The maximum Gasteiger partial charge on any atom is 0.0516 e. The summed E-state index contributed by atoms with van der Waals surface area (Å²) in [4.78, 5) is 6.88. The molecule has 0 unspecified atom stereocenters. The third-order valence-corrected chi connectivity index (χ3v) is 3.82. The van der Waals surface area contributed by atoms with E-state index in [1.807, 2.05) is 0 Å². The Bertz CT molecular complexity index is 880. The van der Waals surface area contributed by atoms with Crippen LogP contribution in [0.4, 0.5) is 0 Å². The van der Waals surface area contributed by atoms with Gasteiger partial charge in [0.25, 0.3) is 0 Å². The molecule has 0 spiro atoms. The van der Waals surface area contributed by atoms with Crippen LogP contribution in [0.2, 0.25) is 0 Å². The fourth-order valence-corrected chi connectivity index (χ4v) is 2.83. The molecule has 0 aliphatic carbocycles. The molecular weight excluding hydrogens is 232 g/mol. The van der Waals surface area contributed by atoms with E-state index in [2.05, 4.69) is 71.6 Å². The average molecular weight is 246 g/mol. The molecule has 2 aromatic heterocycles. The van der Waals surface area contributed by atoms with Crippen molar-refractivity contribution < 1.29 is 0 Å². The molecule has 0 saturated heterocycles. The first-order valence-corrected chi connectivity index (χ1v) is 6.48. The van der Waals surface area contributed by atoms with Crippen LogP contribution in [0.15, 0.2) is 54.7 Å². The highest BCUT2D eigenvalue weighted by atomic mass is 14.7. The van der Waals surface area contributed by atoms with Crippen molar-refractivity contribution in [3.8, 4) is 11.3 Å². The van der Waals surface area contributed by atoms with E-state index in [4.69, 9.17) is 0 Å². The molecule has 0 amide bonds. The van der Waals surface area contributed by atoms with Crippen molar-refractivity contribution in [2.45, 2.75) is 6.92 Å². The van der Waals surface area contributed by atoms with Gasteiger partial charge in [-0.25, -0.2) is 0 Å². The predicted molar refractivity (Wildman–Crippen MR) is 80.3 cm³/mol. The minimum Gasteiger partial charge on any atom is -0.360 e. The molecule has 2 heteroatoms. The van der Waals surface area contributed by atoms with Gasteiger partial charge in [-0.05, 0) is 24.6 Å². The molecule has 2 N–H and O–H groups in total. The highest BCUT2D eigenvalue weighted by Crippen LogP contribution is 2.33. The number of benzene rings is 2. The first kappa shape index (κ1) is 10.4. The quantitative estimate of drug-likeness (QED) is 0.491. The number of rotatable bonds is 1. The zero-order valence-electron chi connectivity index (χ0n) is 10.7. The van der Waals surface area contributed by atoms with Crippen LogP contribution >= 0.6 is 0 Å². The lowest BCUT2D eigenvalue weighted by Gasteiger charge is -1.98. The topological polar surface area (TPSA) is 31.6 Å². The summed E-state index contributed by atoms with van der Waals surface area (Å²) in [6, 6.07) is 16.8. The average Bonchev–Trinajstić information content (AvgIpc) is 3.01. The smallest absolute Gasteiger partial charge is 0.0516 e. The van der Waals surface area contributed by atoms with Crippen LogP contribution in [-0.4, -0.2) is 9.97 Å². The van der Waals surface area contributed by atoms with Crippen LogP contribution in [0.25, 0.3) is 33.1 Å². The summed E-state index contributed by atoms with van der Waals surface area (Å²) in [5.74, 6) is 0. The maximum absolute atomic E-state index is 3.54. The largest absolute Gasteiger partial charge is 0.360 e. The number of aryl methyl sites for hydroxylation is 1. The minimum atomic E-state index is 1.18. The van der Waals surface area contributed by atoms with Crippen LogP contribution in [0.3, 0.4) is 0 Å². The van der Waals surface area contributed by atoms with Crippen molar-refractivity contribution in [2.75, 3.05) is 0 Å². The molecule has 0 bridgehead atoms. The molecule has 0 saturated carbocycles. The Kier molecular flexibility index (Phi) is 2.06. The van der Waals surface area contributed by atoms with E-state index >= 15 is 0 Å². The molecule has 4 aromatic rings. The number of aromatic amines is 2. The lowest BCUT2D eigenvalue weighted by molar-refractivity contribution is 1.40. The van der Waals surface area contributed by atoms with Crippen molar-refractivity contribution >= 4 is 21.8 Å². The van der Waals surface area contributed by atoms with Gasteiger partial charge in [-0.1, -0.05) is 36.4 Å². The second-order valence-corrected chi connectivity index (χ2v) is 4.92. The molecule has 2 nitrogen and oxygen atoms in total. The number of aromatic nitrogens is 2. The van der Waals surface area contributed by atoms with Crippen molar-refractivity contribution in [3.05, 3.63) is 60.3 Å². The summed E-state index contributed by atoms with van der Waals surface area (Å²) in [6.07, 6.45) is 2.09. The van der Waals surface area contributed by atoms with Crippen LogP contribution in [0.5, 0.6) is 0 Å². The number of para-hydroxylation sites is 2. The van der Waals surface area contributed by atoms with Gasteiger partial charge in [0.15, 0.2) is 0 Å². The van der Waals surface area contributed by atoms with Crippen molar-refractivity contribution in [1.82, 2.24) is 9.97 Å². The van der Waals surface area contributed by atoms with Crippen molar-refractivity contribution in [2.24, 2.45) is 0 Å². The highest BCUT2D eigenvalue weighted by molar-refractivity contribution is 5.99. The van der Waals surface area contributed by atoms with Gasteiger partial charge in [-0.3, -0.25) is 0 Å². The van der Waals surface area contributed by atoms with E-state index in [0.717, 1.165) is 0 Å². The molecule has 2 aromatic carbocycles. The van der Waals surface area contributed by atoms with E-state index in [1.165, 1.54) is 38.6 Å². The summed E-state index contributed by atoms with van der Waals surface area (Å²) in [6.45, 7) is 2.18. The first-order chi connectivity index (χ1) is 9.34. The zero-order chi connectivity index (χ0) is 12.8. The standard InChI is InChI=1S/C17H14N2/c1-11-12-6-2-5-9-16(12)19-17(11)14-10-18-15-8-4-3-7-13(14)15/h2-10,18-19H,1H3. The van der Waals surface area contributed by atoms with Gasteiger partial charge in [0.2, 0.25) is 0 Å². The van der Waals surface area contributed by atoms with Gasteiger partial charge < -0.3 is 9.97 Å². The monoisotopic (exact) mass is 246 g/mol. The Balaban J connectivity index is 2.07. The van der Waals surface area contributed by atoms with Gasteiger partial charge >= 0.3 is 0 Å². The van der Waals surface area contributed by atoms with Crippen LogP contribution < -0.4 is 0 Å². The Labute approximate surface area is 111 Å². The summed E-state index contributed by atoms with van der Waals surface area (Å²) in [5.41, 5.74) is 6.12. The third kappa shape index (κ3) is 1.43. The Morgan fingerprint density at radius 3 is 2.26 bits per heavy atom. The molecule has 0 atom stereocenters. The Morgan fingerprint density at radius 2 is 1.47 bits per heavy atom. The molecule has 0 aliphatic heterocycles. The number of nitrogens with one attached hydrogen (secondary N) is 2. The molecule has 2 heterocycles. The van der Waals surface area contributed by atoms with Gasteiger partial charge in [0.05, 0.1) is 5.69 Å². The lowest BCUT2D eigenvalue weighted by Crippen LogP contribution is -1.78. The molecule has 0 fully saturated rings. The summed E-state index contributed by atoms with van der Waals surface area (Å²) < 4.78 is 0. The molecular formula is C17H14N2. The van der Waals surface area contributed by atoms with Crippen LogP contribution in [-0.2, 0) is 0 Å². The normalized spacial score (nSPS) is 11.4. The van der Waals surface area contributed by atoms with Crippen molar-refractivity contribution in [1.29, 1.82) is 0 Å². The van der Waals surface area contributed by atoms with Crippen LogP contribution in [0, 0.1) is 6.92 Å². The zero-order valence-corrected chi connectivity index (χ0v) is 10.7. The number of fused-ring (bicyclic) bond motifs is 2. The SMILES string of the molecule is Cc1c(-c2c[nH]c3ccccc23)[nH]c2ccccc12. The van der Waals surface area contributed by atoms with Gasteiger partial charge in [-0.2, -0.15) is 0 Å². The summed E-state index contributed by atoms with van der Waals surface area (Å²) >= 11 is 0. The Morgan fingerprint density at radius 1 is 0.789 bits per heavy atom. The number of hydrogen-bond acceptors (Lipinski definition) is 0. The highest BCUT2D eigenvalue weighted by Gasteiger charge is 2.12. The second-order valence-electron chi connectivity index (χ2n) is 4.92.